The van der Waals surface area contributed by atoms with Gasteiger partial charge in [-0.05, 0) is 155 Å². The van der Waals surface area contributed by atoms with Crippen LogP contribution >= 0.6 is 0 Å². The molecule has 0 atom stereocenters. The third-order valence-corrected chi connectivity index (χ3v) is 13.7. The molecule has 0 fully saturated rings. The Hall–Kier alpha value is -9.14. The van der Waals surface area contributed by atoms with E-state index in [-0.39, 0.29) is 10.8 Å². The van der Waals surface area contributed by atoms with Crippen molar-refractivity contribution in [3.05, 3.63) is 230 Å². The van der Waals surface area contributed by atoms with Crippen molar-refractivity contribution in [2.75, 3.05) is 9.80 Å². The summed E-state index contributed by atoms with van der Waals surface area (Å²) in [5.41, 5.74) is 18.9. The number of para-hydroxylation sites is 6. The topological polar surface area (TPSA) is 84.3 Å². The number of nitrogens with zero attached hydrogens (tertiary/aromatic N) is 6. The lowest BCUT2D eigenvalue weighted by molar-refractivity contribution is 0.590. The largest absolute Gasteiger partial charge is 0.436 e. The Morgan fingerprint density at radius 2 is 0.554 bits per heavy atom. The maximum atomic E-state index is 6.14. The molecular formula is C66H54N6O2. The third-order valence-electron chi connectivity index (χ3n) is 13.7. The van der Waals surface area contributed by atoms with Gasteiger partial charge in [0, 0.05) is 56.4 Å². The van der Waals surface area contributed by atoms with Gasteiger partial charge in [0.1, 0.15) is 11.0 Å². The predicted octanol–water partition coefficient (Wildman–Crippen LogP) is 18.1. The van der Waals surface area contributed by atoms with E-state index in [2.05, 4.69) is 197 Å². The number of hydrogen-bond donors (Lipinski definition) is 0. The number of oxazole rings is 2. The first kappa shape index (κ1) is 46.0. The molecule has 0 saturated heterocycles. The quantitative estimate of drug-likeness (QED) is 0.134. The van der Waals surface area contributed by atoms with Gasteiger partial charge in [-0.1, -0.05) is 126 Å². The van der Waals surface area contributed by atoms with Gasteiger partial charge >= 0.3 is 0 Å². The second-order valence-electron chi connectivity index (χ2n) is 20.8. The van der Waals surface area contributed by atoms with Crippen LogP contribution in [0.15, 0.2) is 227 Å². The van der Waals surface area contributed by atoms with Crippen molar-refractivity contribution in [2.24, 2.45) is 0 Å². The van der Waals surface area contributed by atoms with E-state index >= 15 is 0 Å². The zero-order valence-electron chi connectivity index (χ0n) is 42.3. The van der Waals surface area contributed by atoms with Crippen molar-refractivity contribution in [2.45, 2.75) is 52.4 Å². The summed E-state index contributed by atoms with van der Waals surface area (Å²) in [5, 5.41) is 0. The van der Waals surface area contributed by atoms with Gasteiger partial charge in [-0.2, -0.15) is 0 Å². The summed E-state index contributed by atoms with van der Waals surface area (Å²) < 4.78 is 12.3. The molecule has 0 saturated carbocycles. The van der Waals surface area contributed by atoms with Gasteiger partial charge in [-0.3, -0.25) is 0 Å². The van der Waals surface area contributed by atoms with Crippen molar-refractivity contribution in [1.29, 1.82) is 0 Å². The number of aromatic nitrogens is 4. The van der Waals surface area contributed by atoms with Crippen LogP contribution in [0.4, 0.5) is 34.1 Å². The average molecular weight is 963 g/mol. The van der Waals surface area contributed by atoms with Crippen LogP contribution < -0.4 is 9.80 Å². The van der Waals surface area contributed by atoms with E-state index in [1.54, 1.807) is 0 Å². The molecule has 0 aliphatic rings. The fraction of sp³-hybridized carbons (Fsp3) is 0.121. The molecule has 3 heterocycles. The average Bonchev–Trinajstić information content (AvgIpc) is 4.07. The normalized spacial score (nSPS) is 11.9. The molecule has 360 valence electrons. The molecule has 3 aromatic heterocycles. The lowest BCUT2D eigenvalue weighted by Crippen LogP contribution is -2.13. The van der Waals surface area contributed by atoms with Crippen LogP contribution in [0.25, 0.3) is 78.7 Å². The SMILES string of the molecule is CC(C)(C)c1ccc(N(c2ccc(-c3nc4ccccc4o3)cc2)c2ccc(-c3nc4ccccc4nc3-c3ccc(N(c4ccc(-c5nc6ccccc6o5)cc4)c4ccc(C(C)(C)C)cc4)cc3)cc2)cc1. The van der Waals surface area contributed by atoms with Crippen LogP contribution in [0.5, 0.6) is 0 Å². The summed E-state index contributed by atoms with van der Waals surface area (Å²) in [7, 11) is 0. The van der Waals surface area contributed by atoms with E-state index in [0.717, 1.165) is 101 Å². The Morgan fingerprint density at radius 1 is 0.284 bits per heavy atom. The van der Waals surface area contributed by atoms with Crippen LogP contribution in [-0.4, -0.2) is 19.9 Å². The standard InChI is InChI=1S/C66H54N6O2/c1-65(2,3)47-27-39-53(40-28-47)71(51-35-23-45(24-36-51)63-69-57-15-9-11-17-59(57)73-63)49-31-19-43(20-32-49)61-62(68-56-14-8-7-13-55(56)67-61)44-21-33-50(34-22-44)72(54-41-29-48(30-42-54)66(4,5)6)52-37-25-46(26-38-52)64-70-58-16-10-12-18-60(58)74-64/h7-42H,1-6H3. The van der Waals surface area contributed by atoms with E-state index in [1.165, 1.54) is 11.1 Å². The Bertz CT molecular complexity index is 3610. The molecule has 8 nitrogen and oxygen atoms in total. The van der Waals surface area contributed by atoms with Gasteiger partial charge in [0.05, 0.1) is 22.4 Å². The molecule has 12 rings (SSSR count). The second-order valence-corrected chi connectivity index (χ2v) is 20.8. The van der Waals surface area contributed by atoms with Crippen LogP contribution in [-0.2, 0) is 10.8 Å². The summed E-state index contributed by atoms with van der Waals surface area (Å²) in [6.07, 6.45) is 0. The summed E-state index contributed by atoms with van der Waals surface area (Å²) in [4.78, 5) is 24.7. The fourth-order valence-corrected chi connectivity index (χ4v) is 9.55. The smallest absolute Gasteiger partial charge is 0.227 e. The first-order valence-electron chi connectivity index (χ1n) is 25.1. The van der Waals surface area contributed by atoms with Crippen molar-refractivity contribution >= 4 is 67.4 Å². The highest BCUT2D eigenvalue weighted by molar-refractivity contribution is 5.89. The van der Waals surface area contributed by atoms with Crippen LogP contribution in [0, 0.1) is 0 Å². The molecule has 0 spiro atoms. The zero-order chi connectivity index (χ0) is 50.6. The first-order valence-corrected chi connectivity index (χ1v) is 25.1. The van der Waals surface area contributed by atoms with Gasteiger partial charge in [0.25, 0.3) is 0 Å². The lowest BCUT2D eigenvalue weighted by atomic mass is 9.87. The van der Waals surface area contributed by atoms with Gasteiger partial charge in [-0.25, -0.2) is 19.9 Å². The molecular weight excluding hydrogens is 909 g/mol. The third kappa shape index (κ3) is 8.96. The molecule has 0 aliphatic carbocycles. The number of hydrogen-bond acceptors (Lipinski definition) is 8. The van der Waals surface area contributed by atoms with Crippen molar-refractivity contribution in [3.8, 4) is 45.4 Å². The minimum Gasteiger partial charge on any atom is -0.436 e. The Kier molecular flexibility index (Phi) is 11.5. The molecule has 0 radical (unpaired) electrons. The Balaban J connectivity index is 0.902. The van der Waals surface area contributed by atoms with Gasteiger partial charge in [-0.15, -0.1) is 0 Å². The van der Waals surface area contributed by atoms with E-state index in [0.29, 0.717) is 11.8 Å². The predicted molar refractivity (Wildman–Crippen MR) is 303 cm³/mol. The molecule has 0 bridgehead atoms. The number of fused-ring (bicyclic) bond motifs is 3. The maximum absolute atomic E-state index is 6.14. The summed E-state index contributed by atoms with van der Waals surface area (Å²) >= 11 is 0. The highest BCUT2D eigenvalue weighted by Gasteiger charge is 2.22. The monoisotopic (exact) mass is 962 g/mol. The lowest BCUT2D eigenvalue weighted by Gasteiger charge is -2.27. The molecule has 9 aromatic carbocycles. The summed E-state index contributed by atoms with van der Waals surface area (Å²) in [5.74, 6) is 1.19. The molecule has 12 aromatic rings. The Morgan fingerprint density at radius 3 is 0.851 bits per heavy atom. The molecule has 8 heteroatoms. The summed E-state index contributed by atoms with van der Waals surface area (Å²) in [6.45, 7) is 13.5. The van der Waals surface area contributed by atoms with Crippen LogP contribution in [0.2, 0.25) is 0 Å². The second kappa shape index (κ2) is 18.5. The number of benzene rings is 9. The summed E-state index contributed by atoms with van der Waals surface area (Å²) in [6, 6.07) is 75.6. The van der Waals surface area contributed by atoms with Crippen molar-refractivity contribution in [1.82, 2.24) is 19.9 Å². The van der Waals surface area contributed by atoms with E-state index in [9.17, 15) is 0 Å². The van der Waals surface area contributed by atoms with Crippen molar-refractivity contribution < 1.29 is 8.83 Å². The van der Waals surface area contributed by atoms with Crippen molar-refractivity contribution in [3.63, 3.8) is 0 Å². The highest BCUT2D eigenvalue weighted by Crippen LogP contribution is 2.42. The van der Waals surface area contributed by atoms with Crippen LogP contribution in [0.1, 0.15) is 52.7 Å². The molecule has 0 unspecified atom stereocenters. The molecule has 0 aliphatic heterocycles. The fourth-order valence-electron chi connectivity index (χ4n) is 9.55. The zero-order valence-corrected chi connectivity index (χ0v) is 42.3. The first-order chi connectivity index (χ1) is 35.9. The van der Waals surface area contributed by atoms with Crippen LogP contribution in [0.3, 0.4) is 0 Å². The Labute approximate surface area is 431 Å². The number of rotatable bonds is 10. The molecule has 74 heavy (non-hydrogen) atoms. The molecule has 0 amide bonds. The highest BCUT2D eigenvalue weighted by atomic mass is 16.4. The molecule has 0 N–H and O–H groups in total. The van der Waals surface area contributed by atoms with Gasteiger partial charge in [0.15, 0.2) is 11.2 Å². The minimum absolute atomic E-state index is 0.0188. The maximum Gasteiger partial charge on any atom is 0.227 e. The minimum atomic E-state index is 0.0188. The van der Waals surface area contributed by atoms with E-state index in [1.807, 2.05) is 72.8 Å². The van der Waals surface area contributed by atoms with Gasteiger partial charge in [0.2, 0.25) is 11.8 Å². The van der Waals surface area contributed by atoms with E-state index < -0.39 is 0 Å². The van der Waals surface area contributed by atoms with Gasteiger partial charge < -0.3 is 18.6 Å². The number of anilines is 6. The van der Waals surface area contributed by atoms with E-state index in [4.69, 9.17) is 28.8 Å².